The van der Waals surface area contributed by atoms with Gasteiger partial charge in [0.15, 0.2) is 0 Å². The van der Waals surface area contributed by atoms with Gasteiger partial charge in [-0.25, -0.2) is 0 Å². The molecule has 17 heavy (non-hydrogen) atoms. The first kappa shape index (κ1) is 11.7. The zero-order valence-corrected chi connectivity index (χ0v) is 10.5. The molecule has 0 aromatic carbocycles. The van der Waals surface area contributed by atoms with Crippen molar-refractivity contribution < 1.29 is 9.47 Å². The number of ether oxygens (including phenoxy) is 2. The molecule has 3 heteroatoms. The van der Waals surface area contributed by atoms with Crippen LogP contribution in [0.4, 0.5) is 0 Å². The second kappa shape index (κ2) is 4.71. The summed E-state index contributed by atoms with van der Waals surface area (Å²) in [7, 11) is 0. The maximum Gasteiger partial charge on any atom is 0.0973 e. The van der Waals surface area contributed by atoms with Gasteiger partial charge in [0.25, 0.3) is 0 Å². The molecule has 3 fully saturated rings. The van der Waals surface area contributed by atoms with Crippen LogP contribution in [-0.4, -0.2) is 31.5 Å². The summed E-state index contributed by atoms with van der Waals surface area (Å²) in [5.74, 6) is 0. The SMILES string of the molecule is NC1CCCC(=C2CCOC3(CCOC3)C2)C1. The van der Waals surface area contributed by atoms with Crippen molar-refractivity contribution in [2.75, 3.05) is 19.8 Å². The Hall–Kier alpha value is -0.380. The van der Waals surface area contributed by atoms with Crippen molar-refractivity contribution in [2.45, 2.75) is 56.6 Å². The summed E-state index contributed by atoms with van der Waals surface area (Å²) in [4.78, 5) is 0. The molecule has 3 rings (SSSR count). The standard InChI is InChI=1S/C14H23NO2/c15-13-3-1-2-11(8-13)12-4-6-17-14(9-12)5-7-16-10-14/h13H,1-10,15H2. The maximum absolute atomic E-state index is 6.09. The van der Waals surface area contributed by atoms with Crippen molar-refractivity contribution in [1.29, 1.82) is 0 Å². The highest BCUT2D eigenvalue weighted by Crippen LogP contribution is 2.39. The first-order chi connectivity index (χ1) is 8.27. The molecule has 96 valence electrons. The molecule has 2 atom stereocenters. The fourth-order valence-electron chi connectivity index (χ4n) is 3.48. The summed E-state index contributed by atoms with van der Waals surface area (Å²) >= 11 is 0. The average molecular weight is 237 g/mol. The first-order valence-corrected chi connectivity index (χ1v) is 6.94. The van der Waals surface area contributed by atoms with E-state index in [1.807, 2.05) is 0 Å². The van der Waals surface area contributed by atoms with E-state index >= 15 is 0 Å². The van der Waals surface area contributed by atoms with Gasteiger partial charge in [0.05, 0.1) is 18.8 Å². The minimum Gasteiger partial charge on any atom is -0.378 e. The number of hydrogen-bond acceptors (Lipinski definition) is 3. The fourth-order valence-corrected chi connectivity index (χ4v) is 3.48. The summed E-state index contributed by atoms with van der Waals surface area (Å²) in [5, 5.41) is 0. The summed E-state index contributed by atoms with van der Waals surface area (Å²) in [6.07, 6.45) is 8.12. The Bertz CT molecular complexity index is 318. The molecular formula is C14H23NO2. The van der Waals surface area contributed by atoms with Gasteiger partial charge in [-0.3, -0.25) is 0 Å². The van der Waals surface area contributed by atoms with Crippen LogP contribution in [0.1, 0.15) is 44.9 Å². The predicted molar refractivity (Wildman–Crippen MR) is 66.8 cm³/mol. The minimum atomic E-state index is 0.0160. The van der Waals surface area contributed by atoms with E-state index in [4.69, 9.17) is 15.2 Å². The van der Waals surface area contributed by atoms with Gasteiger partial charge in [-0.2, -0.15) is 0 Å². The molecule has 0 amide bonds. The smallest absolute Gasteiger partial charge is 0.0973 e. The molecule has 2 unspecified atom stereocenters. The van der Waals surface area contributed by atoms with Crippen LogP contribution in [-0.2, 0) is 9.47 Å². The second-order valence-corrected chi connectivity index (χ2v) is 5.82. The lowest BCUT2D eigenvalue weighted by molar-refractivity contribution is -0.0639. The van der Waals surface area contributed by atoms with Gasteiger partial charge in [0, 0.05) is 25.5 Å². The van der Waals surface area contributed by atoms with Gasteiger partial charge in [-0.15, -0.1) is 0 Å². The van der Waals surface area contributed by atoms with E-state index in [-0.39, 0.29) is 5.60 Å². The normalized spacial score (nSPS) is 43.2. The maximum atomic E-state index is 6.09. The fraction of sp³-hybridized carbons (Fsp3) is 0.857. The highest BCUT2D eigenvalue weighted by molar-refractivity contribution is 5.21. The van der Waals surface area contributed by atoms with Gasteiger partial charge in [-0.1, -0.05) is 11.1 Å². The van der Waals surface area contributed by atoms with Crippen molar-refractivity contribution in [2.24, 2.45) is 5.73 Å². The van der Waals surface area contributed by atoms with Crippen LogP contribution < -0.4 is 5.73 Å². The Kier molecular flexibility index (Phi) is 3.24. The second-order valence-electron chi connectivity index (χ2n) is 5.82. The van der Waals surface area contributed by atoms with E-state index in [0.29, 0.717) is 6.04 Å². The van der Waals surface area contributed by atoms with Crippen molar-refractivity contribution in [3.05, 3.63) is 11.1 Å². The van der Waals surface area contributed by atoms with Crippen molar-refractivity contribution in [3.8, 4) is 0 Å². The third-order valence-electron chi connectivity index (χ3n) is 4.48. The van der Waals surface area contributed by atoms with Gasteiger partial charge in [-0.05, 0) is 32.1 Å². The van der Waals surface area contributed by atoms with Crippen molar-refractivity contribution in [3.63, 3.8) is 0 Å². The molecule has 1 spiro atoms. The molecular weight excluding hydrogens is 214 g/mol. The number of hydrogen-bond donors (Lipinski definition) is 1. The highest BCUT2D eigenvalue weighted by Gasteiger charge is 2.39. The number of nitrogens with two attached hydrogens (primary N) is 1. The van der Waals surface area contributed by atoms with Crippen LogP contribution in [0.3, 0.4) is 0 Å². The molecule has 2 heterocycles. The van der Waals surface area contributed by atoms with Gasteiger partial charge in [0.1, 0.15) is 0 Å². The third-order valence-corrected chi connectivity index (χ3v) is 4.48. The number of rotatable bonds is 0. The van der Waals surface area contributed by atoms with E-state index in [2.05, 4.69) is 0 Å². The summed E-state index contributed by atoms with van der Waals surface area (Å²) in [5.41, 5.74) is 9.38. The van der Waals surface area contributed by atoms with Gasteiger partial charge in [0.2, 0.25) is 0 Å². The van der Waals surface area contributed by atoms with Crippen molar-refractivity contribution in [1.82, 2.24) is 0 Å². The molecule has 2 aliphatic heterocycles. The largest absolute Gasteiger partial charge is 0.378 e. The Morgan fingerprint density at radius 2 is 2.12 bits per heavy atom. The Balaban J connectivity index is 1.76. The summed E-state index contributed by atoms with van der Waals surface area (Å²) in [6.45, 7) is 2.52. The zero-order valence-electron chi connectivity index (χ0n) is 10.5. The molecule has 0 aromatic heterocycles. The van der Waals surface area contributed by atoms with Crippen LogP contribution in [0.5, 0.6) is 0 Å². The zero-order chi connectivity index (χ0) is 11.7. The van der Waals surface area contributed by atoms with Crippen LogP contribution in [0.25, 0.3) is 0 Å². The summed E-state index contributed by atoms with van der Waals surface area (Å²) in [6, 6.07) is 0.393. The Morgan fingerprint density at radius 3 is 2.88 bits per heavy atom. The first-order valence-electron chi connectivity index (χ1n) is 6.94. The van der Waals surface area contributed by atoms with Gasteiger partial charge >= 0.3 is 0 Å². The van der Waals surface area contributed by atoms with E-state index < -0.39 is 0 Å². The lowest BCUT2D eigenvalue weighted by atomic mass is 9.81. The molecule has 0 radical (unpaired) electrons. The Labute approximate surface area is 103 Å². The predicted octanol–water partition coefficient (Wildman–Crippen LogP) is 2.15. The third kappa shape index (κ3) is 2.42. The molecule has 1 saturated carbocycles. The van der Waals surface area contributed by atoms with E-state index in [1.54, 1.807) is 11.1 Å². The van der Waals surface area contributed by atoms with E-state index in [1.165, 1.54) is 19.3 Å². The lowest BCUT2D eigenvalue weighted by Gasteiger charge is -2.36. The van der Waals surface area contributed by atoms with Crippen LogP contribution in [0, 0.1) is 0 Å². The lowest BCUT2D eigenvalue weighted by Crippen LogP contribution is -2.38. The highest BCUT2D eigenvalue weighted by atomic mass is 16.6. The molecule has 0 aromatic rings. The van der Waals surface area contributed by atoms with E-state index in [9.17, 15) is 0 Å². The molecule has 2 N–H and O–H groups in total. The molecule has 1 aliphatic carbocycles. The minimum absolute atomic E-state index is 0.0160. The van der Waals surface area contributed by atoms with Crippen LogP contribution in [0.2, 0.25) is 0 Å². The van der Waals surface area contributed by atoms with Gasteiger partial charge < -0.3 is 15.2 Å². The Morgan fingerprint density at radius 1 is 1.18 bits per heavy atom. The molecule has 0 bridgehead atoms. The monoisotopic (exact) mass is 237 g/mol. The van der Waals surface area contributed by atoms with E-state index in [0.717, 1.165) is 45.5 Å². The topological polar surface area (TPSA) is 44.5 Å². The van der Waals surface area contributed by atoms with Crippen LogP contribution >= 0.6 is 0 Å². The molecule has 2 saturated heterocycles. The van der Waals surface area contributed by atoms with Crippen molar-refractivity contribution >= 4 is 0 Å². The average Bonchev–Trinajstić information content (AvgIpc) is 2.77. The molecule has 3 aliphatic rings. The molecule has 3 nitrogen and oxygen atoms in total. The summed E-state index contributed by atoms with van der Waals surface area (Å²) < 4.78 is 11.5. The quantitative estimate of drug-likeness (QED) is 0.657. The van der Waals surface area contributed by atoms with Crippen LogP contribution in [0.15, 0.2) is 11.1 Å².